The molecule has 8 nitrogen and oxygen atoms in total. The molecule has 1 aliphatic rings. The molecular weight excluding hydrogens is 516 g/mol. The number of H-pyrrole nitrogens is 1. The Morgan fingerprint density at radius 2 is 1.73 bits per heavy atom. The van der Waals surface area contributed by atoms with Crippen LogP contribution in [0.3, 0.4) is 0 Å². The number of anilines is 2. The number of para-hydroxylation sites is 1. The van der Waals surface area contributed by atoms with Gasteiger partial charge >= 0.3 is 0 Å². The van der Waals surface area contributed by atoms with E-state index < -0.39 is 23.8 Å². The Hall–Kier alpha value is -4.57. The summed E-state index contributed by atoms with van der Waals surface area (Å²) in [6, 6.07) is 18.5. The fraction of sp³-hybridized carbons (Fsp3) is 0.233. The summed E-state index contributed by atoms with van der Waals surface area (Å²) in [5.41, 5.74) is 2.08. The average molecular weight is 546 g/mol. The normalized spacial score (nSPS) is 17.5. The van der Waals surface area contributed by atoms with Crippen LogP contribution in [0.15, 0.2) is 85.2 Å². The number of benzene rings is 3. The molecule has 0 bridgehead atoms. The van der Waals surface area contributed by atoms with Crippen molar-refractivity contribution in [3.8, 4) is 0 Å². The van der Waals surface area contributed by atoms with Crippen LogP contribution >= 0.6 is 0 Å². The summed E-state index contributed by atoms with van der Waals surface area (Å²) in [5.74, 6) is -2.57. The number of carbonyl (C=O) groups is 2. The third kappa shape index (κ3) is 5.43. The van der Waals surface area contributed by atoms with Gasteiger partial charge < -0.3 is 14.9 Å². The minimum atomic E-state index is -1.37. The first-order valence-corrected chi connectivity index (χ1v) is 12.9. The Morgan fingerprint density at radius 1 is 1.02 bits per heavy atom. The molecule has 0 radical (unpaired) electrons. The molecule has 2 atom stereocenters. The van der Waals surface area contributed by atoms with Gasteiger partial charge in [0, 0.05) is 53.4 Å². The van der Waals surface area contributed by atoms with Crippen molar-refractivity contribution in [1.29, 1.82) is 0 Å². The van der Waals surface area contributed by atoms with E-state index in [1.54, 1.807) is 30.3 Å². The topological polar surface area (TPSA) is 92.8 Å². The van der Waals surface area contributed by atoms with Gasteiger partial charge in [0.1, 0.15) is 17.9 Å². The summed E-state index contributed by atoms with van der Waals surface area (Å²) >= 11 is 0. The highest BCUT2D eigenvalue weighted by molar-refractivity contribution is 5.98. The molecule has 0 spiro atoms. The molecule has 0 fully saturated rings. The molecule has 5 rings (SSSR count). The zero-order valence-electron chi connectivity index (χ0n) is 22.0. The molecule has 0 aliphatic carbocycles. The maximum absolute atomic E-state index is 13.9. The predicted molar refractivity (Wildman–Crippen MR) is 148 cm³/mol. The number of aromatic nitrogens is 2. The van der Waals surface area contributed by atoms with Crippen molar-refractivity contribution in [3.63, 3.8) is 0 Å². The number of fused-ring (bicyclic) bond motifs is 1. The molecule has 4 aromatic rings. The quantitative estimate of drug-likeness (QED) is 0.355. The van der Waals surface area contributed by atoms with Crippen molar-refractivity contribution >= 4 is 34.1 Å². The first-order valence-electron chi connectivity index (χ1n) is 12.9. The van der Waals surface area contributed by atoms with E-state index in [4.69, 9.17) is 0 Å². The number of amides is 2. The number of halogens is 2. The van der Waals surface area contributed by atoms with E-state index in [0.717, 1.165) is 0 Å². The van der Waals surface area contributed by atoms with Crippen molar-refractivity contribution in [2.75, 3.05) is 16.3 Å². The maximum atomic E-state index is 13.9. The molecule has 0 saturated carbocycles. The van der Waals surface area contributed by atoms with Crippen LogP contribution in [-0.2, 0) is 16.0 Å². The highest BCUT2D eigenvalue weighted by Crippen LogP contribution is 2.29. The van der Waals surface area contributed by atoms with Gasteiger partial charge in [-0.15, -0.1) is 0 Å². The fourth-order valence-electron chi connectivity index (χ4n) is 4.97. The average Bonchev–Trinajstić information content (AvgIpc) is 3.29. The fourth-order valence-corrected chi connectivity index (χ4v) is 4.97. The van der Waals surface area contributed by atoms with E-state index in [-0.39, 0.29) is 30.8 Å². The second-order valence-corrected chi connectivity index (χ2v) is 9.94. The van der Waals surface area contributed by atoms with E-state index in [0.29, 0.717) is 28.0 Å². The molecule has 1 aliphatic heterocycles. The standard InChI is InChI=1S/C30H29F2N5O3/c1-19(2)37(23-11-8-20(31)9-12-23)28(38)18-35-14-15-36(22-6-4-3-5-7-22)30(40)25(29(35)39)17-27-24-13-10-21(32)16-26(24)33-34-27/h3-16,19,25,29,39H,17-18H2,1-2H3,(H,33,34). The van der Waals surface area contributed by atoms with Crippen molar-refractivity contribution in [3.05, 3.63) is 103 Å². The molecule has 10 heteroatoms. The lowest BCUT2D eigenvalue weighted by Crippen LogP contribution is -2.49. The van der Waals surface area contributed by atoms with Crippen LogP contribution in [0.5, 0.6) is 0 Å². The Bertz CT molecular complexity index is 1540. The van der Waals surface area contributed by atoms with Crippen LogP contribution in [0, 0.1) is 17.6 Å². The first-order chi connectivity index (χ1) is 19.2. The maximum Gasteiger partial charge on any atom is 0.246 e. The number of nitrogens with zero attached hydrogens (tertiary/aromatic N) is 4. The second kappa shape index (κ2) is 11.3. The molecule has 0 saturated heterocycles. The smallest absolute Gasteiger partial charge is 0.246 e. The molecule has 2 N–H and O–H groups in total. The van der Waals surface area contributed by atoms with E-state index in [2.05, 4.69) is 10.2 Å². The highest BCUT2D eigenvalue weighted by atomic mass is 19.1. The lowest BCUT2D eigenvalue weighted by molar-refractivity contribution is -0.132. The van der Waals surface area contributed by atoms with Gasteiger partial charge in [0.25, 0.3) is 0 Å². The molecule has 2 unspecified atom stereocenters. The Kier molecular flexibility index (Phi) is 7.61. The van der Waals surface area contributed by atoms with E-state index in [9.17, 15) is 23.5 Å². The number of nitrogens with one attached hydrogen (secondary N) is 1. The van der Waals surface area contributed by atoms with Gasteiger partial charge in [0.05, 0.1) is 18.0 Å². The molecule has 206 valence electrons. The summed E-state index contributed by atoms with van der Waals surface area (Å²) in [6.07, 6.45) is 1.75. The first kappa shape index (κ1) is 27.0. The summed E-state index contributed by atoms with van der Waals surface area (Å²) < 4.78 is 27.3. The van der Waals surface area contributed by atoms with Gasteiger partial charge in [-0.05, 0) is 62.4 Å². The second-order valence-electron chi connectivity index (χ2n) is 9.94. The molecule has 1 aromatic heterocycles. The van der Waals surface area contributed by atoms with Crippen molar-refractivity contribution in [2.45, 2.75) is 32.5 Å². The van der Waals surface area contributed by atoms with Crippen LogP contribution in [-0.4, -0.2) is 50.8 Å². The van der Waals surface area contributed by atoms with Crippen molar-refractivity contribution in [1.82, 2.24) is 15.1 Å². The number of hydrogen-bond donors (Lipinski definition) is 2. The number of aliphatic hydroxyl groups excluding tert-OH is 1. The van der Waals surface area contributed by atoms with E-state index >= 15 is 0 Å². The van der Waals surface area contributed by atoms with Gasteiger partial charge in [0.2, 0.25) is 11.8 Å². The van der Waals surface area contributed by atoms with Gasteiger partial charge in [-0.25, -0.2) is 8.78 Å². The van der Waals surface area contributed by atoms with Crippen LogP contribution in [0.2, 0.25) is 0 Å². The summed E-state index contributed by atoms with van der Waals surface area (Å²) in [6.45, 7) is 3.44. The van der Waals surface area contributed by atoms with Gasteiger partial charge in [-0.1, -0.05) is 18.2 Å². The zero-order chi connectivity index (χ0) is 28.4. The van der Waals surface area contributed by atoms with Crippen molar-refractivity contribution < 1.29 is 23.5 Å². The van der Waals surface area contributed by atoms with Crippen LogP contribution in [0.25, 0.3) is 10.9 Å². The summed E-state index contributed by atoms with van der Waals surface area (Å²) in [7, 11) is 0. The van der Waals surface area contributed by atoms with Gasteiger partial charge in [0.15, 0.2) is 0 Å². The van der Waals surface area contributed by atoms with Gasteiger partial charge in [-0.3, -0.25) is 19.6 Å². The monoisotopic (exact) mass is 545 g/mol. The van der Waals surface area contributed by atoms with E-state index in [1.165, 1.54) is 63.5 Å². The van der Waals surface area contributed by atoms with E-state index in [1.807, 2.05) is 19.9 Å². The summed E-state index contributed by atoms with van der Waals surface area (Å²) in [5, 5.41) is 19.2. The summed E-state index contributed by atoms with van der Waals surface area (Å²) in [4.78, 5) is 31.8. The van der Waals surface area contributed by atoms with Crippen LogP contribution in [0.4, 0.5) is 20.2 Å². The number of aromatic amines is 1. The molecule has 2 amide bonds. The van der Waals surface area contributed by atoms with Crippen molar-refractivity contribution in [2.24, 2.45) is 5.92 Å². The van der Waals surface area contributed by atoms with Crippen LogP contribution < -0.4 is 9.80 Å². The SMILES string of the molecule is CC(C)N(C(=O)CN1C=CN(c2ccccc2)C(=O)C(Cc2[nH]nc3cc(F)ccc23)C1O)c1ccc(F)cc1. The zero-order valence-corrected chi connectivity index (χ0v) is 22.0. The highest BCUT2D eigenvalue weighted by Gasteiger charge is 2.38. The third-order valence-corrected chi connectivity index (χ3v) is 6.92. The lowest BCUT2D eigenvalue weighted by atomic mass is 9.97. The Labute approximate surface area is 230 Å². The molecular formula is C30H29F2N5O3. The third-order valence-electron chi connectivity index (χ3n) is 6.92. The largest absolute Gasteiger partial charge is 0.373 e. The minimum Gasteiger partial charge on any atom is -0.373 e. The Balaban J connectivity index is 1.48. The number of hydrogen-bond acceptors (Lipinski definition) is 5. The molecule has 40 heavy (non-hydrogen) atoms. The number of rotatable bonds is 7. The molecule has 2 heterocycles. The van der Waals surface area contributed by atoms with Gasteiger partial charge in [-0.2, -0.15) is 5.10 Å². The lowest BCUT2D eigenvalue weighted by Gasteiger charge is -2.33. The number of aliphatic hydroxyl groups is 1. The Morgan fingerprint density at radius 3 is 2.42 bits per heavy atom. The van der Waals surface area contributed by atoms with Crippen LogP contribution in [0.1, 0.15) is 19.5 Å². The minimum absolute atomic E-state index is 0.0592. The predicted octanol–water partition coefficient (Wildman–Crippen LogP) is 4.58. The number of carbonyl (C=O) groups excluding carboxylic acids is 2. The molecule has 3 aromatic carbocycles.